The maximum Gasteiger partial charge on any atom is 0.0109 e. The van der Waals surface area contributed by atoms with E-state index in [1.54, 1.807) is 5.56 Å². The number of benzene rings is 1. The monoisotopic (exact) mass is 231 g/mol. The van der Waals surface area contributed by atoms with Gasteiger partial charge in [0.2, 0.25) is 0 Å². The van der Waals surface area contributed by atoms with Crippen molar-refractivity contribution in [3.05, 3.63) is 35.4 Å². The predicted octanol–water partition coefficient (Wildman–Crippen LogP) is 3.66. The van der Waals surface area contributed by atoms with Crippen molar-refractivity contribution in [3.8, 4) is 0 Å². The molecule has 1 aromatic carbocycles. The normalized spacial score (nSPS) is 27.1. The highest BCUT2D eigenvalue weighted by molar-refractivity contribution is 5.36. The van der Waals surface area contributed by atoms with E-state index in [4.69, 9.17) is 0 Å². The number of hydrogen-bond donors (Lipinski definition) is 1. The van der Waals surface area contributed by atoms with Crippen LogP contribution in [0.15, 0.2) is 24.3 Å². The molecule has 1 fully saturated rings. The first-order chi connectivity index (χ1) is 8.23. The summed E-state index contributed by atoms with van der Waals surface area (Å²) in [6, 6.07) is 9.09. The van der Waals surface area contributed by atoms with Crippen molar-refractivity contribution in [3.63, 3.8) is 0 Å². The topological polar surface area (TPSA) is 12.0 Å². The molecule has 0 heterocycles. The molecule has 1 aromatic rings. The quantitative estimate of drug-likeness (QED) is 0.737. The molecule has 1 saturated carbocycles. The van der Waals surface area contributed by atoms with Gasteiger partial charge in [-0.05, 0) is 37.8 Å². The average molecular weight is 231 g/mol. The Morgan fingerprint density at radius 3 is 2.76 bits per heavy atom. The summed E-state index contributed by atoms with van der Waals surface area (Å²) in [4.78, 5) is 0. The van der Waals surface area contributed by atoms with E-state index in [0.717, 1.165) is 19.0 Å². The fourth-order valence-corrected chi connectivity index (χ4v) is 3.03. The summed E-state index contributed by atoms with van der Waals surface area (Å²) in [6.45, 7) is 9.05. The van der Waals surface area contributed by atoms with Gasteiger partial charge in [-0.25, -0.2) is 0 Å². The van der Waals surface area contributed by atoms with Crippen molar-refractivity contribution >= 4 is 0 Å². The van der Waals surface area contributed by atoms with E-state index in [2.05, 4.69) is 50.4 Å². The van der Waals surface area contributed by atoms with Gasteiger partial charge < -0.3 is 5.32 Å². The Labute approximate surface area is 106 Å². The van der Waals surface area contributed by atoms with Gasteiger partial charge in [-0.1, -0.05) is 50.1 Å². The fourth-order valence-electron chi connectivity index (χ4n) is 3.03. The molecule has 1 heteroatoms. The number of nitrogens with one attached hydrogen (secondary N) is 1. The first kappa shape index (κ1) is 12.6. The smallest absolute Gasteiger partial charge is 0.0109 e. The van der Waals surface area contributed by atoms with Crippen LogP contribution in [0.5, 0.6) is 0 Å². The van der Waals surface area contributed by atoms with E-state index < -0.39 is 0 Å². The molecule has 0 spiro atoms. The lowest BCUT2D eigenvalue weighted by atomic mass is 9.91. The van der Waals surface area contributed by atoms with Crippen LogP contribution in [0.4, 0.5) is 0 Å². The Kier molecular flexibility index (Phi) is 3.88. The van der Waals surface area contributed by atoms with Gasteiger partial charge in [0.15, 0.2) is 0 Å². The third kappa shape index (κ3) is 2.55. The summed E-state index contributed by atoms with van der Waals surface area (Å²) >= 11 is 0. The highest BCUT2D eigenvalue weighted by Gasteiger charge is 2.53. The predicted molar refractivity (Wildman–Crippen MR) is 74.4 cm³/mol. The molecule has 1 nitrogen and oxygen atoms in total. The van der Waals surface area contributed by atoms with Crippen molar-refractivity contribution < 1.29 is 0 Å². The largest absolute Gasteiger partial charge is 0.316 e. The van der Waals surface area contributed by atoms with Crippen molar-refractivity contribution in [2.75, 3.05) is 13.1 Å². The van der Waals surface area contributed by atoms with Gasteiger partial charge in [-0.15, -0.1) is 0 Å². The van der Waals surface area contributed by atoms with E-state index in [1.807, 2.05) is 0 Å². The zero-order chi connectivity index (χ0) is 12.3. The van der Waals surface area contributed by atoms with Gasteiger partial charge in [0.1, 0.15) is 0 Å². The third-order valence-electron chi connectivity index (χ3n) is 4.19. The van der Waals surface area contributed by atoms with E-state index in [-0.39, 0.29) is 0 Å². The molecule has 0 bridgehead atoms. The molecule has 2 unspecified atom stereocenters. The van der Waals surface area contributed by atoms with Crippen LogP contribution in [0.1, 0.15) is 44.2 Å². The van der Waals surface area contributed by atoms with Crippen LogP contribution in [0.25, 0.3) is 0 Å². The van der Waals surface area contributed by atoms with Crippen LogP contribution in [0.2, 0.25) is 0 Å². The van der Waals surface area contributed by atoms with Gasteiger partial charge in [0, 0.05) is 12.0 Å². The molecule has 2 rings (SSSR count). The average Bonchev–Trinajstić information content (AvgIpc) is 3.05. The van der Waals surface area contributed by atoms with Crippen LogP contribution in [0.3, 0.4) is 0 Å². The lowest BCUT2D eigenvalue weighted by molar-refractivity contribution is 0.523. The second-order valence-electron chi connectivity index (χ2n) is 5.51. The van der Waals surface area contributed by atoms with Crippen LogP contribution in [0, 0.1) is 12.8 Å². The van der Waals surface area contributed by atoms with Gasteiger partial charge in [-0.2, -0.15) is 0 Å². The lowest BCUT2D eigenvalue weighted by Gasteiger charge is -2.19. The van der Waals surface area contributed by atoms with Crippen molar-refractivity contribution in [2.45, 2.75) is 45.4 Å². The molecule has 17 heavy (non-hydrogen) atoms. The molecule has 2 atom stereocenters. The minimum absolute atomic E-state index is 0.440. The summed E-state index contributed by atoms with van der Waals surface area (Å²) in [5.41, 5.74) is 3.38. The van der Waals surface area contributed by atoms with Gasteiger partial charge in [0.05, 0.1) is 0 Å². The summed E-state index contributed by atoms with van der Waals surface area (Å²) in [5.74, 6) is 0.883. The highest BCUT2D eigenvalue weighted by atomic mass is 14.9. The van der Waals surface area contributed by atoms with E-state index in [1.165, 1.54) is 24.8 Å². The Hall–Kier alpha value is -0.820. The molecular formula is C16H25N. The molecule has 94 valence electrons. The third-order valence-corrected chi connectivity index (χ3v) is 4.19. The molecule has 1 aliphatic carbocycles. The van der Waals surface area contributed by atoms with E-state index in [9.17, 15) is 0 Å². The second kappa shape index (κ2) is 5.22. The zero-order valence-electron chi connectivity index (χ0n) is 11.4. The van der Waals surface area contributed by atoms with Gasteiger partial charge in [0.25, 0.3) is 0 Å². The molecule has 1 aliphatic rings. The first-order valence-corrected chi connectivity index (χ1v) is 7.00. The Morgan fingerprint density at radius 2 is 2.18 bits per heavy atom. The summed E-state index contributed by atoms with van der Waals surface area (Å²) < 4.78 is 0. The Balaban J connectivity index is 2.12. The lowest BCUT2D eigenvalue weighted by Crippen LogP contribution is -2.29. The minimum atomic E-state index is 0.440. The van der Waals surface area contributed by atoms with Crippen molar-refractivity contribution in [2.24, 2.45) is 5.92 Å². The molecule has 0 amide bonds. The van der Waals surface area contributed by atoms with Gasteiger partial charge in [-0.3, -0.25) is 0 Å². The molecule has 0 saturated heterocycles. The summed E-state index contributed by atoms with van der Waals surface area (Å²) in [7, 11) is 0. The second-order valence-corrected chi connectivity index (χ2v) is 5.51. The number of rotatable bonds is 6. The molecular weight excluding hydrogens is 206 g/mol. The molecule has 0 radical (unpaired) electrons. The highest BCUT2D eigenvalue weighted by Crippen LogP contribution is 2.55. The van der Waals surface area contributed by atoms with Crippen LogP contribution < -0.4 is 5.32 Å². The van der Waals surface area contributed by atoms with Crippen molar-refractivity contribution in [1.29, 1.82) is 0 Å². The SMILES string of the molecule is CCCNCC1(c2cccc(C)c2)CC1CC. The minimum Gasteiger partial charge on any atom is -0.316 e. The summed E-state index contributed by atoms with van der Waals surface area (Å²) in [6.07, 6.45) is 3.89. The maximum atomic E-state index is 3.62. The standard InChI is InChI=1S/C16H25N/c1-4-9-17-12-16(11-14(16)5-2)15-8-6-7-13(3)10-15/h6-8,10,14,17H,4-5,9,11-12H2,1-3H3. The molecule has 1 N–H and O–H groups in total. The molecule has 0 aliphatic heterocycles. The Bertz CT molecular complexity index is 372. The van der Waals surface area contributed by atoms with Gasteiger partial charge >= 0.3 is 0 Å². The first-order valence-electron chi connectivity index (χ1n) is 7.00. The number of aryl methyl sites for hydroxylation is 1. The Morgan fingerprint density at radius 1 is 1.35 bits per heavy atom. The van der Waals surface area contributed by atoms with Crippen LogP contribution in [-0.2, 0) is 5.41 Å². The van der Waals surface area contributed by atoms with Crippen LogP contribution in [-0.4, -0.2) is 13.1 Å². The maximum absolute atomic E-state index is 3.62. The summed E-state index contributed by atoms with van der Waals surface area (Å²) in [5, 5.41) is 3.62. The zero-order valence-corrected chi connectivity index (χ0v) is 11.4. The van der Waals surface area contributed by atoms with Crippen molar-refractivity contribution in [1.82, 2.24) is 5.32 Å². The van der Waals surface area contributed by atoms with E-state index in [0.29, 0.717) is 5.41 Å². The van der Waals surface area contributed by atoms with Crippen LogP contribution >= 0.6 is 0 Å². The van der Waals surface area contributed by atoms with E-state index >= 15 is 0 Å². The molecule has 0 aromatic heterocycles. The fraction of sp³-hybridized carbons (Fsp3) is 0.625. The number of hydrogen-bond acceptors (Lipinski definition) is 1.